The van der Waals surface area contributed by atoms with Crippen LogP contribution in [0.2, 0.25) is 0 Å². The number of ketones is 1. The number of fused-ring (bicyclic) bond motifs is 1. The fourth-order valence-corrected chi connectivity index (χ4v) is 3.97. The number of hydrogen-bond donors (Lipinski definition) is 3. The zero-order chi connectivity index (χ0) is 25.7. The van der Waals surface area contributed by atoms with Gasteiger partial charge < -0.3 is 24.9 Å². The molecule has 1 amide bonds. The molecular weight excluding hydrogens is 466 g/mol. The van der Waals surface area contributed by atoms with E-state index in [1.54, 1.807) is 19.2 Å². The Balaban J connectivity index is 1.58. The number of nitrogens with zero attached hydrogens (tertiary/aromatic N) is 1. The molecule has 0 saturated carbocycles. The Kier molecular flexibility index (Phi) is 7.43. The number of rotatable bonds is 10. The van der Waals surface area contributed by atoms with Crippen molar-refractivity contribution in [1.29, 1.82) is 0 Å². The number of methoxy groups -OCH3 is 1. The summed E-state index contributed by atoms with van der Waals surface area (Å²) in [6.07, 6.45) is 1.69. The quantitative estimate of drug-likeness (QED) is 0.367. The van der Waals surface area contributed by atoms with Crippen molar-refractivity contribution >= 4 is 17.7 Å². The highest BCUT2D eigenvalue weighted by Crippen LogP contribution is 2.31. The molecule has 3 aromatic rings. The van der Waals surface area contributed by atoms with Gasteiger partial charge >= 0.3 is 5.97 Å². The number of carboxylic acid groups (broad SMARTS) is 1. The van der Waals surface area contributed by atoms with Gasteiger partial charge in [-0.15, -0.1) is 0 Å². The van der Waals surface area contributed by atoms with Crippen LogP contribution in [0.15, 0.2) is 53.5 Å². The molecule has 2 aromatic carbocycles. The fraction of sp³-hybridized carbons (Fsp3) is 0.269. The number of carbonyl (C=O) groups excluding carboxylic acids is 2. The third kappa shape index (κ3) is 5.60. The second kappa shape index (κ2) is 10.9. The van der Waals surface area contributed by atoms with E-state index in [9.17, 15) is 19.2 Å². The van der Waals surface area contributed by atoms with Crippen LogP contribution in [-0.2, 0) is 11.2 Å². The number of Topliss-reactive ketones (excluding diaryl/α,β-unsaturated/α-hetero) is 1. The van der Waals surface area contributed by atoms with Crippen LogP contribution >= 0.6 is 0 Å². The number of aliphatic carboxylic acids is 1. The van der Waals surface area contributed by atoms with E-state index in [0.717, 1.165) is 35.1 Å². The van der Waals surface area contributed by atoms with Gasteiger partial charge in [0.1, 0.15) is 17.1 Å². The van der Waals surface area contributed by atoms with Crippen molar-refractivity contribution in [1.82, 2.24) is 15.3 Å². The predicted molar refractivity (Wildman–Crippen MR) is 129 cm³/mol. The zero-order valence-corrected chi connectivity index (χ0v) is 19.6. The van der Waals surface area contributed by atoms with E-state index in [4.69, 9.17) is 14.6 Å². The lowest BCUT2D eigenvalue weighted by Gasteiger charge is -2.21. The smallest absolute Gasteiger partial charge is 0.303 e. The molecule has 2 heterocycles. The number of ether oxygens (including phenoxy) is 2. The number of benzene rings is 2. The standard InChI is InChI=1S/C26H25N3O7/c1-35-18-8-5-15(6-9-18)23(17-7-10-21-16(13-17)11-12-36-21)28-25(33)19-14-27-24(29-26(19)34)20(30)3-2-4-22(31)32/h5-10,13-14,23H,2-4,11-12H2,1H3,(H,28,33)(H,31,32)(H,27,29,34). The topological polar surface area (TPSA) is 148 Å². The molecule has 10 nitrogen and oxygen atoms in total. The number of aromatic amines is 1. The molecule has 1 aromatic heterocycles. The number of nitrogens with one attached hydrogen (secondary N) is 2. The molecule has 3 N–H and O–H groups in total. The van der Waals surface area contributed by atoms with Crippen LogP contribution in [-0.4, -0.2) is 46.5 Å². The van der Waals surface area contributed by atoms with Gasteiger partial charge in [0, 0.05) is 25.5 Å². The first-order valence-corrected chi connectivity index (χ1v) is 11.4. The Labute approximate surface area is 206 Å². The lowest BCUT2D eigenvalue weighted by molar-refractivity contribution is -0.137. The minimum Gasteiger partial charge on any atom is -0.497 e. The molecule has 0 radical (unpaired) electrons. The molecule has 0 aliphatic carbocycles. The highest BCUT2D eigenvalue weighted by Gasteiger charge is 2.23. The van der Waals surface area contributed by atoms with Crippen molar-refractivity contribution in [2.75, 3.05) is 13.7 Å². The average Bonchev–Trinajstić information content (AvgIpc) is 3.35. The normalized spacial score (nSPS) is 12.8. The van der Waals surface area contributed by atoms with Crippen molar-refractivity contribution in [3.63, 3.8) is 0 Å². The van der Waals surface area contributed by atoms with Crippen molar-refractivity contribution in [2.45, 2.75) is 31.7 Å². The maximum absolute atomic E-state index is 13.1. The summed E-state index contributed by atoms with van der Waals surface area (Å²) in [5.74, 6) is -0.924. The van der Waals surface area contributed by atoms with Gasteiger partial charge in [-0.05, 0) is 47.4 Å². The maximum atomic E-state index is 13.1. The van der Waals surface area contributed by atoms with Crippen LogP contribution in [0.3, 0.4) is 0 Å². The SMILES string of the molecule is COc1ccc(C(NC(=O)c2cnc(C(=O)CCCC(=O)O)[nH]c2=O)c2ccc3c(c2)CCO3)cc1. The van der Waals surface area contributed by atoms with Gasteiger partial charge in [0.2, 0.25) is 0 Å². The molecule has 0 saturated heterocycles. The Bertz CT molecular complexity index is 1350. The molecule has 4 rings (SSSR count). The molecule has 10 heteroatoms. The van der Waals surface area contributed by atoms with E-state index in [2.05, 4.69) is 15.3 Å². The van der Waals surface area contributed by atoms with Gasteiger partial charge in [0.05, 0.1) is 19.8 Å². The van der Waals surface area contributed by atoms with E-state index in [-0.39, 0.29) is 30.7 Å². The van der Waals surface area contributed by atoms with E-state index in [0.29, 0.717) is 12.4 Å². The van der Waals surface area contributed by atoms with Crippen molar-refractivity contribution in [2.24, 2.45) is 0 Å². The van der Waals surface area contributed by atoms with Gasteiger partial charge in [-0.3, -0.25) is 19.2 Å². The lowest BCUT2D eigenvalue weighted by Crippen LogP contribution is -2.34. The second-order valence-electron chi connectivity index (χ2n) is 8.29. The number of carboxylic acids is 1. The predicted octanol–water partition coefficient (Wildman–Crippen LogP) is 2.67. The summed E-state index contributed by atoms with van der Waals surface area (Å²) in [5, 5.41) is 11.6. The molecule has 1 unspecified atom stereocenters. The van der Waals surface area contributed by atoms with Crippen LogP contribution in [0.1, 0.15) is 63.0 Å². The molecule has 36 heavy (non-hydrogen) atoms. The van der Waals surface area contributed by atoms with Gasteiger partial charge in [-0.2, -0.15) is 0 Å². The summed E-state index contributed by atoms with van der Waals surface area (Å²) in [6, 6.07) is 12.3. The van der Waals surface area contributed by atoms with Gasteiger partial charge in [0.15, 0.2) is 11.6 Å². The zero-order valence-electron chi connectivity index (χ0n) is 19.6. The van der Waals surface area contributed by atoms with Crippen molar-refractivity contribution in [3.8, 4) is 11.5 Å². The van der Waals surface area contributed by atoms with E-state index in [1.165, 1.54) is 0 Å². The first-order chi connectivity index (χ1) is 17.4. The molecule has 0 bridgehead atoms. The van der Waals surface area contributed by atoms with Gasteiger partial charge in [0.25, 0.3) is 11.5 Å². The number of carbonyl (C=O) groups is 3. The summed E-state index contributed by atoms with van der Waals surface area (Å²) >= 11 is 0. The molecule has 1 aliphatic heterocycles. The Morgan fingerprint density at radius 3 is 2.58 bits per heavy atom. The first kappa shape index (κ1) is 24.6. The highest BCUT2D eigenvalue weighted by molar-refractivity contribution is 5.95. The van der Waals surface area contributed by atoms with Crippen molar-refractivity contribution < 1.29 is 29.0 Å². The van der Waals surface area contributed by atoms with E-state index < -0.39 is 29.3 Å². The summed E-state index contributed by atoms with van der Waals surface area (Å²) in [4.78, 5) is 54.9. The minimum absolute atomic E-state index is 0.0810. The monoisotopic (exact) mass is 491 g/mol. The fourth-order valence-electron chi connectivity index (χ4n) is 3.97. The number of hydrogen-bond acceptors (Lipinski definition) is 7. The Morgan fingerprint density at radius 2 is 1.89 bits per heavy atom. The highest BCUT2D eigenvalue weighted by atomic mass is 16.5. The van der Waals surface area contributed by atoms with E-state index in [1.807, 2.05) is 30.3 Å². The second-order valence-corrected chi connectivity index (χ2v) is 8.29. The molecule has 1 aliphatic rings. The minimum atomic E-state index is -1.02. The molecule has 0 spiro atoms. The van der Waals surface area contributed by atoms with Crippen LogP contribution in [0, 0.1) is 0 Å². The van der Waals surface area contributed by atoms with Gasteiger partial charge in [-0.25, -0.2) is 4.98 Å². The molecule has 186 valence electrons. The third-order valence-corrected chi connectivity index (χ3v) is 5.87. The molecular formula is C26H25N3O7. The molecule has 1 atom stereocenters. The van der Waals surface area contributed by atoms with Crippen LogP contribution in [0.25, 0.3) is 0 Å². The largest absolute Gasteiger partial charge is 0.497 e. The van der Waals surface area contributed by atoms with Crippen LogP contribution < -0.4 is 20.3 Å². The van der Waals surface area contributed by atoms with Gasteiger partial charge in [-0.1, -0.05) is 18.2 Å². The Morgan fingerprint density at radius 1 is 1.14 bits per heavy atom. The summed E-state index contributed by atoms with van der Waals surface area (Å²) in [7, 11) is 1.56. The number of aromatic nitrogens is 2. The number of amides is 1. The number of H-pyrrole nitrogens is 1. The average molecular weight is 492 g/mol. The lowest BCUT2D eigenvalue weighted by atomic mass is 9.96. The van der Waals surface area contributed by atoms with Crippen LogP contribution in [0.4, 0.5) is 0 Å². The van der Waals surface area contributed by atoms with Crippen LogP contribution in [0.5, 0.6) is 11.5 Å². The first-order valence-electron chi connectivity index (χ1n) is 11.4. The summed E-state index contributed by atoms with van der Waals surface area (Å²) in [6.45, 7) is 0.598. The third-order valence-electron chi connectivity index (χ3n) is 5.87. The summed E-state index contributed by atoms with van der Waals surface area (Å²) in [5.41, 5.74) is 1.61. The molecule has 0 fully saturated rings. The van der Waals surface area contributed by atoms with E-state index >= 15 is 0 Å². The Hall–Kier alpha value is -4.47. The van der Waals surface area contributed by atoms with Crippen molar-refractivity contribution in [3.05, 3.63) is 87.1 Å². The maximum Gasteiger partial charge on any atom is 0.303 e. The summed E-state index contributed by atoms with van der Waals surface area (Å²) < 4.78 is 10.8.